The second-order valence-corrected chi connectivity index (χ2v) is 9.65. The number of methoxy groups -OCH3 is 1. The molecule has 35 heavy (non-hydrogen) atoms. The molecule has 0 saturated heterocycles. The molecule has 0 aliphatic carbocycles. The van der Waals surface area contributed by atoms with Crippen LogP contribution in [0.4, 0.5) is 5.69 Å². The number of carbonyl (C=O) groups is 1. The van der Waals surface area contributed by atoms with Gasteiger partial charge in [-0.25, -0.2) is 8.42 Å². The number of ether oxygens (including phenoxy) is 2. The molecule has 0 aliphatic rings. The van der Waals surface area contributed by atoms with Crippen molar-refractivity contribution in [2.45, 2.75) is 38.0 Å². The molecule has 0 aromatic heterocycles. The second kappa shape index (κ2) is 12.2. The van der Waals surface area contributed by atoms with Gasteiger partial charge in [0.2, 0.25) is 0 Å². The molecule has 0 spiro atoms. The van der Waals surface area contributed by atoms with Crippen LogP contribution >= 0.6 is 0 Å². The molecule has 0 bridgehead atoms. The Bertz CT molecular complexity index is 1250. The van der Waals surface area contributed by atoms with Crippen molar-refractivity contribution in [3.63, 3.8) is 0 Å². The Hall–Kier alpha value is -3.58. The largest absolute Gasteiger partial charge is 0.493 e. The number of anilines is 1. The number of hydrogen-bond donors (Lipinski definition) is 0. The van der Waals surface area contributed by atoms with Crippen molar-refractivity contribution in [1.82, 2.24) is 0 Å². The number of sulfonamides is 1. The van der Waals surface area contributed by atoms with Gasteiger partial charge < -0.3 is 9.47 Å². The van der Waals surface area contributed by atoms with Crippen LogP contribution in [0, 0.1) is 0 Å². The number of carbonyl (C=O) groups excluding carboxylic acids is 1. The topological polar surface area (TPSA) is 72.9 Å². The van der Waals surface area contributed by atoms with E-state index < -0.39 is 15.9 Å². The summed E-state index contributed by atoms with van der Waals surface area (Å²) in [5.74, 6) is 0.441. The predicted octanol–water partition coefficient (Wildman–Crippen LogP) is 5.87. The molecule has 1 amide bonds. The van der Waals surface area contributed by atoms with Crippen molar-refractivity contribution in [1.29, 1.82) is 0 Å². The zero-order valence-corrected chi connectivity index (χ0v) is 21.1. The van der Waals surface area contributed by atoms with E-state index in [0.29, 0.717) is 23.7 Å². The summed E-state index contributed by atoms with van der Waals surface area (Å²) in [6.07, 6.45) is 5.81. The lowest BCUT2D eigenvalue weighted by Gasteiger charge is -2.21. The molecule has 0 atom stereocenters. The van der Waals surface area contributed by atoms with Crippen molar-refractivity contribution >= 4 is 27.7 Å². The SMILES string of the molecule is CCCCc1ccc(N(C(=O)/C=C/c2ccc(OCC)c(OC)c2)S(=O)(=O)c2ccccc2)cc1. The quantitative estimate of drug-likeness (QED) is 0.312. The normalized spacial score (nSPS) is 11.4. The molecular formula is C28H31NO5S. The summed E-state index contributed by atoms with van der Waals surface area (Å²) < 4.78 is 38.7. The molecule has 3 rings (SSSR count). The van der Waals surface area contributed by atoms with E-state index in [1.54, 1.807) is 54.6 Å². The standard InChI is InChI=1S/C28H31NO5S/c1-4-6-10-22-13-17-24(18-14-22)29(35(31,32)25-11-8-7-9-12-25)28(30)20-16-23-15-19-26(34-5-2)27(21-23)33-3/h7-9,11-21H,4-6,10H2,1-3H3/b20-16+. The minimum absolute atomic E-state index is 0.0412. The lowest BCUT2D eigenvalue weighted by atomic mass is 10.1. The lowest BCUT2D eigenvalue weighted by Crippen LogP contribution is -2.35. The Morgan fingerprint density at radius 3 is 2.29 bits per heavy atom. The average Bonchev–Trinajstić information content (AvgIpc) is 2.88. The summed E-state index contributed by atoms with van der Waals surface area (Å²) in [5.41, 5.74) is 2.05. The second-order valence-electron chi connectivity index (χ2n) is 7.87. The highest BCUT2D eigenvalue weighted by Crippen LogP contribution is 2.29. The van der Waals surface area contributed by atoms with Crippen LogP contribution in [-0.4, -0.2) is 28.0 Å². The van der Waals surface area contributed by atoms with Crippen LogP contribution in [0.25, 0.3) is 6.08 Å². The van der Waals surface area contributed by atoms with Gasteiger partial charge in [-0.3, -0.25) is 4.79 Å². The van der Waals surface area contributed by atoms with Gasteiger partial charge in [-0.05, 0) is 73.4 Å². The fraction of sp³-hybridized carbons (Fsp3) is 0.250. The molecule has 184 valence electrons. The van der Waals surface area contributed by atoms with Crippen LogP contribution < -0.4 is 13.8 Å². The molecule has 7 heteroatoms. The summed E-state index contributed by atoms with van der Waals surface area (Å²) in [6, 6.07) is 20.3. The summed E-state index contributed by atoms with van der Waals surface area (Å²) >= 11 is 0. The zero-order valence-electron chi connectivity index (χ0n) is 20.3. The van der Waals surface area contributed by atoms with E-state index in [2.05, 4.69) is 6.92 Å². The maximum atomic E-state index is 13.5. The monoisotopic (exact) mass is 493 g/mol. The predicted molar refractivity (Wildman–Crippen MR) is 139 cm³/mol. The first kappa shape index (κ1) is 26.0. The van der Waals surface area contributed by atoms with Gasteiger partial charge in [0, 0.05) is 6.08 Å². The van der Waals surface area contributed by atoms with Crippen molar-refractivity contribution in [2.24, 2.45) is 0 Å². The van der Waals surface area contributed by atoms with Gasteiger partial charge >= 0.3 is 0 Å². The van der Waals surface area contributed by atoms with Gasteiger partial charge in [-0.2, -0.15) is 4.31 Å². The van der Waals surface area contributed by atoms with Crippen LogP contribution in [0.5, 0.6) is 11.5 Å². The summed E-state index contributed by atoms with van der Waals surface area (Å²) in [7, 11) is -2.59. The van der Waals surface area contributed by atoms with E-state index in [1.807, 2.05) is 19.1 Å². The molecule has 3 aromatic rings. The Morgan fingerprint density at radius 1 is 0.943 bits per heavy atom. The molecular weight excluding hydrogens is 462 g/mol. The number of nitrogens with zero attached hydrogens (tertiary/aromatic N) is 1. The van der Waals surface area contributed by atoms with Crippen molar-refractivity contribution < 1.29 is 22.7 Å². The van der Waals surface area contributed by atoms with E-state index in [4.69, 9.17) is 9.47 Å². The van der Waals surface area contributed by atoms with E-state index in [0.717, 1.165) is 29.1 Å². The highest BCUT2D eigenvalue weighted by Gasteiger charge is 2.29. The maximum Gasteiger partial charge on any atom is 0.271 e. The van der Waals surface area contributed by atoms with Crippen molar-refractivity contribution in [3.8, 4) is 11.5 Å². The van der Waals surface area contributed by atoms with Crippen LogP contribution in [-0.2, 0) is 21.2 Å². The van der Waals surface area contributed by atoms with Gasteiger partial charge in [0.05, 0.1) is 24.3 Å². The molecule has 0 fully saturated rings. The van der Waals surface area contributed by atoms with Gasteiger partial charge in [0.25, 0.3) is 15.9 Å². The first-order valence-electron chi connectivity index (χ1n) is 11.6. The van der Waals surface area contributed by atoms with Crippen molar-refractivity contribution in [3.05, 3.63) is 90.0 Å². The molecule has 0 unspecified atom stereocenters. The fourth-order valence-corrected chi connectivity index (χ4v) is 4.97. The zero-order chi connectivity index (χ0) is 25.3. The minimum atomic E-state index is -4.13. The number of benzene rings is 3. The highest BCUT2D eigenvalue weighted by molar-refractivity contribution is 7.93. The molecule has 0 heterocycles. The van der Waals surface area contributed by atoms with Crippen LogP contribution in [0.15, 0.2) is 83.8 Å². The van der Waals surface area contributed by atoms with Crippen LogP contribution in [0.3, 0.4) is 0 Å². The Labute approximate surface area is 207 Å². The summed E-state index contributed by atoms with van der Waals surface area (Å²) in [6.45, 7) is 4.49. The Balaban J connectivity index is 1.97. The Morgan fingerprint density at radius 2 is 1.66 bits per heavy atom. The van der Waals surface area contributed by atoms with Gasteiger partial charge in [-0.1, -0.05) is 49.7 Å². The number of hydrogen-bond acceptors (Lipinski definition) is 5. The van der Waals surface area contributed by atoms with Crippen molar-refractivity contribution in [2.75, 3.05) is 18.0 Å². The first-order valence-corrected chi connectivity index (χ1v) is 13.1. The third-order valence-corrected chi connectivity index (χ3v) is 7.12. The molecule has 0 saturated carbocycles. The molecule has 0 aliphatic heterocycles. The lowest BCUT2D eigenvalue weighted by molar-refractivity contribution is -0.113. The average molecular weight is 494 g/mol. The summed E-state index contributed by atoms with van der Waals surface area (Å²) in [4.78, 5) is 13.4. The Kier molecular flexibility index (Phi) is 9.09. The number of aryl methyl sites for hydroxylation is 1. The smallest absolute Gasteiger partial charge is 0.271 e. The van der Waals surface area contributed by atoms with E-state index in [9.17, 15) is 13.2 Å². The number of unbranched alkanes of at least 4 members (excludes halogenated alkanes) is 1. The van der Waals surface area contributed by atoms with Crippen LogP contribution in [0.1, 0.15) is 37.8 Å². The summed E-state index contributed by atoms with van der Waals surface area (Å²) in [5, 5.41) is 0. The van der Waals surface area contributed by atoms with E-state index in [1.165, 1.54) is 25.3 Å². The van der Waals surface area contributed by atoms with Gasteiger partial charge in [-0.15, -0.1) is 0 Å². The van der Waals surface area contributed by atoms with Gasteiger partial charge in [0.15, 0.2) is 11.5 Å². The van der Waals surface area contributed by atoms with E-state index >= 15 is 0 Å². The molecule has 0 N–H and O–H groups in total. The maximum absolute atomic E-state index is 13.5. The molecule has 0 radical (unpaired) electrons. The first-order chi connectivity index (χ1) is 16.9. The van der Waals surface area contributed by atoms with Gasteiger partial charge in [0.1, 0.15) is 0 Å². The van der Waals surface area contributed by atoms with Crippen LogP contribution in [0.2, 0.25) is 0 Å². The fourth-order valence-electron chi connectivity index (χ4n) is 3.56. The number of amides is 1. The number of rotatable bonds is 11. The molecule has 6 nitrogen and oxygen atoms in total. The minimum Gasteiger partial charge on any atom is -0.493 e. The highest BCUT2D eigenvalue weighted by atomic mass is 32.2. The van der Waals surface area contributed by atoms with E-state index in [-0.39, 0.29) is 10.6 Å². The third kappa shape index (κ3) is 6.51. The third-order valence-electron chi connectivity index (χ3n) is 5.38. The molecule has 3 aromatic carbocycles.